The number of aliphatic hydroxyl groups excluding tert-OH is 9. The first-order valence-electron chi connectivity index (χ1n) is 48.5. The molecule has 1 aliphatic carbocycles. The number of unbranched alkanes of at least 4 members (excludes halogenated alkanes) is 46. The van der Waals surface area contributed by atoms with Crippen LogP contribution in [-0.4, -0.2) is 205 Å². The maximum absolute atomic E-state index is 14.9. The van der Waals surface area contributed by atoms with Crippen LogP contribution in [0.5, 0.6) is 0 Å². The Morgan fingerprint density at radius 3 is 1.08 bits per heavy atom. The number of phosphoric ester groups is 1. The van der Waals surface area contributed by atoms with Gasteiger partial charge in [0.1, 0.15) is 92.6 Å². The zero-order valence-electron chi connectivity index (χ0n) is 75.3. The van der Waals surface area contributed by atoms with Crippen molar-refractivity contribution in [1.29, 1.82) is 0 Å². The molecule has 0 aromatic rings. The van der Waals surface area contributed by atoms with Gasteiger partial charge in [-0.25, -0.2) is 4.57 Å². The second-order valence-corrected chi connectivity index (χ2v) is 36.3. The molecule has 120 heavy (non-hydrogen) atoms. The third kappa shape index (κ3) is 51.7. The number of allylic oxidation sites excluding steroid dienone is 4. The van der Waals surface area contributed by atoms with Crippen molar-refractivity contribution in [1.82, 2.24) is 0 Å². The number of esters is 4. The molecule has 704 valence electrons. The summed E-state index contributed by atoms with van der Waals surface area (Å²) >= 11 is 0. The van der Waals surface area contributed by atoms with Crippen molar-refractivity contribution in [2.75, 3.05) is 26.4 Å². The first kappa shape index (κ1) is 111. The minimum absolute atomic E-state index is 0.00882. The molecule has 0 aromatic heterocycles. The number of carbonyl (C=O) groups excluding carboxylic acids is 4. The molecule has 19 atom stereocenters. The monoisotopic (exact) mass is 1730 g/mol. The second kappa shape index (κ2) is 71.9. The lowest BCUT2D eigenvalue weighted by Gasteiger charge is -2.50. The second-order valence-electron chi connectivity index (χ2n) is 34.9. The molecule has 0 amide bonds. The van der Waals surface area contributed by atoms with Gasteiger partial charge in [0, 0.05) is 25.7 Å². The summed E-state index contributed by atoms with van der Waals surface area (Å²) < 4.78 is 73.6. The summed E-state index contributed by atoms with van der Waals surface area (Å²) in [5.41, 5.74) is 0. The van der Waals surface area contributed by atoms with E-state index in [9.17, 15) is 74.6 Å². The van der Waals surface area contributed by atoms with Gasteiger partial charge in [-0.3, -0.25) is 28.2 Å². The van der Waals surface area contributed by atoms with Crippen LogP contribution in [0, 0.1) is 5.92 Å². The standard InChI is InChI=1S/C94H173O25P/c1-6-10-14-18-22-25-28-31-34-37-40-43-46-53-59-65-77(96)110-70-74(113-79(98)67-61-56-50-49-52-58-64-73(5)63-57-51-21-17-13-9-4)71-112-120(108,109)119-92-90(117-93-87(106)83(102)81(100)75(69-95)114-93)86(105)85(104)89(116-80(99)68-62-55-48-45-42-39-36-33-30-27-24-20-16-12-8-3)91(92)118-94-88(107)84(103)82(101)76(115-94)72-111-78(97)66-60-54-47-44-41-38-35-32-29-26-23-19-15-11-7-2/h26-27,29-30,73-76,81-95,100-107H,6-25,28,31-72H2,1-5H3,(H,108,109)/b29-26-,30-27-. The minimum Gasteiger partial charge on any atom is -0.463 e. The molecule has 1 saturated carbocycles. The Morgan fingerprint density at radius 2 is 0.675 bits per heavy atom. The van der Waals surface area contributed by atoms with E-state index in [-0.39, 0.29) is 25.7 Å². The van der Waals surface area contributed by atoms with E-state index < -0.39 is 162 Å². The molecule has 2 aliphatic heterocycles. The summed E-state index contributed by atoms with van der Waals surface area (Å²) in [6.07, 6.45) is 31.5. The van der Waals surface area contributed by atoms with Crippen LogP contribution in [0.4, 0.5) is 0 Å². The highest BCUT2D eigenvalue weighted by atomic mass is 31.2. The number of carbonyl (C=O) groups is 4. The van der Waals surface area contributed by atoms with Gasteiger partial charge in [-0.15, -0.1) is 0 Å². The van der Waals surface area contributed by atoms with Crippen molar-refractivity contribution in [2.24, 2.45) is 5.92 Å². The number of phosphoric acid groups is 1. The predicted octanol–water partition coefficient (Wildman–Crippen LogP) is 18.4. The lowest BCUT2D eigenvalue weighted by molar-refractivity contribution is -0.360. The summed E-state index contributed by atoms with van der Waals surface area (Å²) in [6, 6.07) is 0. The first-order chi connectivity index (χ1) is 58.1. The van der Waals surface area contributed by atoms with E-state index in [1.54, 1.807) is 0 Å². The summed E-state index contributed by atoms with van der Waals surface area (Å²) in [5.74, 6) is -2.30. The summed E-state index contributed by atoms with van der Waals surface area (Å²) in [6.45, 7) is 7.92. The third-order valence-electron chi connectivity index (χ3n) is 23.8. The zero-order valence-corrected chi connectivity index (χ0v) is 76.2. The van der Waals surface area contributed by atoms with Crippen molar-refractivity contribution in [2.45, 2.75) is 518 Å². The SMILES string of the molecule is CCCCCC/C=C\CCCCCCCCCC(=O)OCC1OC(OC2C(OC(=O)CCCCCCCCC/C=C\CCCCCC)C(O)C(O)C(OC3OC(CO)C(O)C(O)C3O)C2OP(=O)(O)OCC(COC(=O)CCCCCCCCCCCCCCCCC)OC(=O)CCCCCCCCC(C)CCCCCCCC)C(O)C(O)C1O. The molecule has 25 nitrogen and oxygen atoms in total. The first-order valence-corrected chi connectivity index (χ1v) is 50.0. The van der Waals surface area contributed by atoms with Crippen LogP contribution in [-0.2, 0) is 70.7 Å². The fourth-order valence-electron chi connectivity index (χ4n) is 16.0. The van der Waals surface area contributed by atoms with Crippen LogP contribution in [0.15, 0.2) is 24.3 Å². The van der Waals surface area contributed by atoms with E-state index in [4.69, 9.17) is 46.9 Å². The number of ether oxygens (including phenoxy) is 8. The van der Waals surface area contributed by atoms with Crippen LogP contribution in [0.3, 0.4) is 0 Å². The quantitative estimate of drug-likeness (QED) is 0.00889. The molecule has 3 fully saturated rings. The molecule has 2 saturated heterocycles. The average Bonchev–Trinajstić information content (AvgIpc) is 0.753. The minimum atomic E-state index is -5.81. The van der Waals surface area contributed by atoms with Gasteiger partial charge >= 0.3 is 31.7 Å². The number of hydrogen-bond acceptors (Lipinski definition) is 24. The van der Waals surface area contributed by atoms with Crippen LogP contribution in [0.25, 0.3) is 0 Å². The molecule has 2 heterocycles. The van der Waals surface area contributed by atoms with Crippen molar-refractivity contribution >= 4 is 31.7 Å². The van der Waals surface area contributed by atoms with E-state index in [1.165, 1.54) is 161 Å². The van der Waals surface area contributed by atoms with Gasteiger partial charge in [-0.2, -0.15) is 0 Å². The fraction of sp³-hybridized carbons (Fsp3) is 0.915. The Kier molecular flexibility index (Phi) is 66.6. The van der Waals surface area contributed by atoms with Gasteiger partial charge in [0.25, 0.3) is 0 Å². The topological polar surface area (TPSA) is 380 Å². The van der Waals surface area contributed by atoms with Crippen LogP contribution < -0.4 is 0 Å². The van der Waals surface area contributed by atoms with Crippen molar-refractivity contribution < 1.29 is 122 Å². The number of hydrogen-bond donors (Lipinski definition) is 10. The normalized spacial score (nSPS) is 25.1. The number of aliphatic hydroxyl groups is 9. The van der Waals surface area contributed by atoms with E-state index >= 15 is 0 Å². The highest BCUT2D eigenvalue weighted by Gasteiger charge is 2.60. The molecule has 0 bridgehead atoms. The maximum Gasteiger partial charge on any atom is 0.472 e. The zero-order chi connectivity index (χ0) is 87.6. The lowest BCUT2D eigenvalue weighted by atomic mass is 9.84. The van der Waals surface area contributed by atoms with Crippen molar-refractivity contribution in [3.05, 3.63) is 24.3 Å². The Bertz CT molecular complexity index is 2600. The molecular weight excluding hydrogens is 1560 g/mol. The van der Waals surface area contributed by atoms with E-state index in [0.717, 1.165) is 161 Å². The van der Waals surface area contributed by atoms with Gasteiger partial charge in [0.05, 0.1) is 13.2 Å². The Hall–Kier alpha value is -3.05. The van der Waals surface area contributed by atoms with E-state index in [1.807, 2.05) is 0 Å². The van der Waals surface area contributed by atoms with E-state index in [0.29, 0.717) is 38.0 Å². The van der Waals surface area contributed by atoms with Gasteiger partial charge in [0.2, 0.25) is 0 Å². The maximum atomic E-state index is 14.9. The van der Waals surface area contributed by atoms with Crippen LogP contribution in [0.2, 0.25) is 0 Å². The molecule has 0 radical (unpaired) electrons. The number of rotatable bonds is 78. The Labute approximate surface area is 724 Å². The highest BCUT2D eigenvalue weighted by molar-refractivity contribution is 7.47. The van der Waals surface area contributed by atoms with Crippen molar-refractivity contribution in [3.63, 3.8) is 0 Å². The van der Waals surface area contributed by atoms with Gasteiger partial charge < -0.3 is 88.7 Å². The molecule has 0 spiro atoms. The van der Waals surface area contributed by atoms with Crippen molar-refractivity contribution in [3.8, 4) is 0 Å². The third-order valence-corrected chi connectivity index (χ3v) is 24.8. The molecule has 26 heteroatoms. The van der Waals surface area contributed by atoms with Crippen LogP contribution >= 0.6 is 7.82 Å². The molecule has 3 rings (SSSR count). The predicted molar refractivity (Wildman–Crippen MR) is 467 cm³/mol. The molecule has 19 unspecified atom stereocenters. The molecule has 10 N–H and O–H groups in total. The summed E-state index contributed by atoms with van der Waals surface area (Å²) in [5, 5.41) is 102. The fourth-order valence-corrected chi connectivity index (χ4v) is 17.0. The Balaban J connectivity index is 1.92. The van der Waals surface area contributed by atoms with E-state index in [2.05, 4.69) is 58.9 Å². The summed E-state index contributed by atoms with van der Waals surface area (Å²) in [4.78, 5) is 66.6. The van der Waals surface area contributed by atoms with Crippen LogP contribution in [0.1, 0.15) is 413 Å². The molecular formula is C94H173O25P. The Morgan fingerprint density at radius 1 is 0.350 bits per heavy atom. The van der Waals surface area contributed by atoms with Gasteiger partial charge in [-0.05, 0) is 83.0 Å². The van der Waals surface area contributed by atoms with Gasteiger partial charge in [0.15, 0.2) is 24.8 Å². The van der Waals surface area contributed by atoms with Gasteiger partial charge in [-0.1, -0.05) is 335 Å². The smallest absolute Gasteiger partial charge is 0.463 e. The highest BCUT2D eigenvalue weighted by Crippen LogP contribution is 2.49. The molecule has 0 aromatic carbocycles. The average molecular weight is 1730 g/mol. The molecule has 3 aliphatic rings. The lowest BCUT2D eigenvalue weighted by Crippen LogP contribution is -2.70. The summed E-state index contributed by atoms with van der Waals surface area (Å²) in [7, 11) is -5.81. The largest absolute Gasteiger partial charge is 0.472 e.